The molecule has 1 aliphatic rings. The fourth-order valence-corrected chi connectivity index (χ4v) is 2.17. The number of anilines is 1. The minimum atomic E-state index is -0.293. The third-order valence-electron chi connectivity index (χ3n) is 3.02. The summed E-state index contributed by atoms with van der Waals surface area (Å²) in [5, 5.41) is 9.02. The van der Waals surface area contributed by atoms with Crippen molar-refractivity contribution in [3.63, 3.8) is 0 Å². The predicted molar refractivity (Wildman–Crippen MR) is 56.4 cm³/mol. The van der Waals surface area contributed by atoms with Crippen LogP contribution in [-0.2, 0) is 0 Å². The molecule has 0 aromatic carbocycles. The van der Waals surface area contributed by atoms with Crippen molar-refractivity contribution in [2.45, 2.75) is 25.3 Å². The number of nitrogens with zero attached hydrogens (tertiary/aromatic N) is 2. The van der Waals surface area contributed by atoms with Gasteiger partial charge in [0, 0.05) is 18.8 Å². The lowest BCUT2D eigenvalue weighted by Crippen LogP contribution is -2.26. The van der Waals surface area contributed by atoms with E-state index in [1.807, 2.05) is 0 Å². The molecule has 0 unspecified atom stereocenters. The Labute approximate surface area is 87.6 Å². The third kappa shape index (κ3) is 2.02. The van der Waals surface area contributed by atoms with Crippen molar-refractivity contribution in [1.82, 2.24) is 9.55 Å². The number of nitrogen functional groups attached to an aromatic ring is 1. The van der Waals surface area contributed by atoms with Crippen molar-refractivity contribution in [1.29, 1.82) is 0 Å². The molecule has 15 heavy (non-hydrogen) atoms. The highest BCUT2D eigenvalue weighted by Gasteiger charge is 2.25. The zero-order valence-corrected chi connectivity index (χ0v) is 8.47. The van der Waals surface area contributed by atoms with E-state index in [0.29, 0.717) is 5.92 Å². The van der Waals surface area contributed by atoms with Crippen LogP contribution in [0.2, 0.25) is 0 Å². The van der Waals surface area contributed by atoms with Crippen molar-refractivity contribution in [3.8, 4) is 0 Å². The summed E-state index contributed by atoms with van der Waals surface area (Å²) in [5.74, 6) is 0.576. The minimum absolute atomic E-state index is 0.169. The molecular weight excluding hydrogens is 194 g/mol. The van der Waals surface area contributed by atoms with E-state index in [2.05, 4.69) is 4.98 Å². The first-order valence-corrected chi connectivity index (χ1v) is 5.16. The summed E-state index contributed by atoms with van der Waals surface area (Å²) >= 11 is 0. The Morgan fingerprint density at radius 3 is 3.00 bits per heavy atom. The summed E-state index contributed by atoms with van der Waals surface area (Å²) in [7, 11) is 0. The number of hydrogen-bond acceptors (Lipinski definition) is 4. The van der Waals surface area contributed by atoms with E-state index in [1.54, 1.807) is 16.8 Å². The number of aliphatic hydroxyl groups excluding tert-OH is 1. The molecule has 0 saturated heterocycles. The van der Waals surface area contributed by atoms with E-state index in [1.165, 1.54) is 0 Å². The van der Waals surface area contributed by atoms with Crippen molar-refractivity contribution in [2.75, 3.05) is 12.3 Å². The van der Waals surface area contributed by atoms with Crippen LogP contribution in [0.15, 0.2) is 17.1 Å². The lowest BCUT2D eigenvalue weighted by molar-refractivity contribution is 0.226. The van der Waals surface area contributed by atoms with Gasteiger partial charge in [-0.15, -0.1) is 0 Å². The molecule has 1 aromatic heterocycles. The molecule has 0 bridgehead atoms. The summed E-state index contributed by atoms with van der Waals surface area (Å²) < 4.78 is 1.62. The molecule has 5 nitrogen and oxygen atoms in total. The Balaban J connectivity index is 2.20. The van der Waals surface area contributed by atoms with Gasteiger partial charge < -0.3 is 10.8 Å². The molecule has 0 radical (unpaired) electrons. The Morgan fingerprint density at radius 2 is 2.40 bits per heavy atom. The third-order valence-corrected chi connectivity index (χ3v) is 3.02. The summed E-state index contributed by atoms with van der Waals surface area (Å²) in [6.45, 7) is 0.202. The molecule has 5 heteroatoms. The van der Waals surface area contributed by atoms with Gasteiger partial charge in [0.1, 0.15) is 5.82 Å². The van der Waals surface area contributed by atoms with Crippen LogP contribution >= 0.6 is 0 Å². The average molecular weight is 209 g/mol. The highest BCUT2D eigenvalue weighted by Crippen LogP contribution is 2.33. The minimum Gasteiger partial charge on any atom is -0.396 e. The predicted octanol–water partition coefficient (Wildman–Crippen LogP) is 0.159. The maximum absolute atomic E-state index is 11.5. The molecule has 0 aliphatic heterocycles. The second kappa shape index (κ2) is 4.02. The van der Waals surface area contributed by atoms with Crippen LogP contribution in [0.25, 0.3) is 0 Å². The Bertz CT molecular complexity index is 402. The normalized spacial score (nSPS) is 25.7. The molecule has 0 amide bonds. The number of hydrogen-bond donors (Lipinski definition) is 2. The van der Waals surface area contributed by atoms with Crippen LogP contribution in [0.5, 0.6) is 0 Å². The van der Waals surface area contributed by atoms with Gasteiger partial charge in [0.05, 0.1) is 0 Å². The lowest BCUT2D eigenvalue weighted by atomic mass is 10.1. The molecule has 1 heterocycles. The molecule has 2 rings (SSSR count). The first-order chi connectivity index (χ1) is 7.20. The number of rotatable bonds is 2. The second-order valence-electron chi connectivity index (χ2n) is 4.06. The van der Waals surface area contributed by atoms with E-state index in [9.17, 15) is 4.79 Å². The van der Waals surface area contributed by atoms with Crippen LogP contribution in [-0.4, -0.2) is 21.3 Å². The van der Waals surface area contributed by atoms with Crippen molar-refractivity contribution in [2.24, 2.45) is 5.92 Å². The Hall–Kier alpha value is -1.36. The lowest BCUT2D eigenvalue weighted by Gasteiger charge is -2.12. The Morgan fingerprint density at radius 1 is 1.60 bits per heavy atom. The summed E-state index contributed by atoms with van der Waals surface area (Å²) in [5.41, 5.74) is 5.12. The number of aromatic nitrogens is 2. The van der Waals surface area contributed by atoms with E-state index >= 15 is 0 Å². The highest BCUT2D eigenvalue weighted by molar-refractivity contribution is 5.23. The SMILES string of the molecule is Nc1ccn([C@@H]2CC[C@H](CO)C2)c(=O)n1. The average Bonchev–Trinajstić information content (AvgIpc) is 2.66. The van der Waals surface area contributed by atoms with E-state index < -0.39 is 0 Å². The van der Waals surface area contributed by atoms with Gasteiger partial charge in [-0.3, -0.25) is 4.57 Å². The smallest absolute Gasteiger partial charge is 0.349 e. The molecule has 0 spiro atoms. The molecule has 1 fully saturated rings. The van der Waals surface area contributed by atoms with Crippen molar-refractivity contribution < 1.29 is 5.11 Å². The fourth-order valence-electron chi connectivity index (χ4n) is 2.17. The number of nitrogens with two attached hydrogens (primary N) is 1. The van der Waals surface area contributed by atoms with Gasteiger partial charge in [0.25, 0.3) is 0 Å². The fraction of sp³-hybridized carbons (Fsp3) is 0.600. The zero-order valence-electron chi connectivity index (χ0n) is 8.47. The van der Waals surface area contributed by atoms with Gasteiger partial charge in [-0.25, -0.2) is 4.79 Å². The molecule has 82 valence electrons. The zero-order chi connectivity index (χ0) is 10.8. The first kappa shape index (κ1) is 10.2. The molecule has 1 aliphatic carbocycles. The summed E-state index contributed by atoms with van der Waals surface area (Å²) in [6, 6.07) is 1.80. The topological polar surface area (TPSA) is 81.1 Å². The van der Waals surface area contributed by atoms with E-state index in [-0.39, 0.29) is 24.2 Å². The van der Waals surface area contributed by atoms with Crippen molar-refractivity contribution in [3.05, 3.63) is 22.7 Å². The maximum atomic E-state index is 11.5. The molecule has 3 N–H and O–H groups in total. The van der Waals surface area contributed by atoms with E-state index in [0.717, 1.165) is 19.3 Å². The van der Waals surface area contributed by atoms with Crippen LogP contribution in [0.3, 0.4) is 0 Å². The van der Waals surface area contributed by atoms with E-state index in [4.69, 9.17) is 10.8 Å². The first-order valence-electron chi connectivity index (χ1n) is 5.16. The molecule has 1 aromatic rings. The molecule has 2 atom stereocenters. The Kier molecular flexibility index (Phi) is 2.73. The van der Waals surface area contributed by atoms with Crippen LogP contribution in [0.1, 0.15) is 25.3 Å². The van der Waals surface area contributed by atoms with Gasteiger partial charge >= 0.3 is 5.69 Å². The number of aliphatic hydroxyl groups is 1. The van der Waals surface area contributed by atoms with Gasteiger partial charge in [-0.2, -0.15) is 4.98 Å². The van der Waals surface area contributed by atoms with Gasteiger partial charge in [0.2, 0.25) is 0 Å². The van der Waals surface area contributed by atoms with Gasteiger partial charge in [-0.05, 0) is 31.2 Å². The van der Waals surface area contributed by atoms with Crippen molar-refractivity contribution >= 4 is 5.82 Å². The second-order valence-corrected chi connectivity index (χ2v) is 4.06. The maximum Gasteiger partial charge on any atom is 0.349 e. The van der Waals surface area contributed by atoms with Gasteiger partial charge in [-0.1, -0.05) is 0 Å². The molecule has 1 saturated carbocycles. The summed E-state index contributed by atoms with van der Waals surface area (Å²) in [4.78, 5) is 15.2. The monoisotopic (exact) mass is 209 g/mol. The summed E-state index contributed by atoms with van der Waals surface area (Å²) in [6.07, 6.45) is 4.44. The molecular formula is C10H15N3O2. The van der Waals surface area contributed by atoms with Crippen LogP contribution < -0.4 is 11.4 Å². The van der Waals surface area contributed by atoms with Crippen LogP contribution in [0, 0.1) is 5.92 Å². The largest absolute Gasteiger partial charge is 0.396 e. The van der Waals surface area contributed by atoms with Gasteiger partial charge in [0.15, 0.2) is 0 Å². The highest BCUT2D eigenvalue weighted by atomic mass is 16.3. The quantitative estimate of drug-likeness (QED) is 0.727. The van der Waals surface area contributed by atoms with Crippen LogP contribution in [0.4, 0.5) is 5.82 Å². The standard InChI is InChI=1S/C10H15N3O2/c11-9-3-4-13(10(15)12-9)8-2-1-7(5-8)6-14/h3-4,7-8,14H,1-2,5-6H2,(H2,11,12,15)/t7-,8+/m0/s1.